The number of amides is 2. The lowest BCUT2D eigenvalue weighted by Crippen LogP contribution is -2.31. The van der Waals surface area contributed by atoms with Gasteiger partial charge in [-0.25, -0.2) is 9.78 Å². The molecular weight excluding hydrogens is 436 g/mol. The lowest BCUT2D eigenvalue weighted by molar-refractivity contribution is 0.0233. The van der Waals surface area contributed by atoms with Gasteiger partial charge in [0.1, 0.15) is 0 Å². The number of nitrogens with zero attached hydrogens (tertiary/aromatic N) is 3. The van der Waals surface area contributed by atoms with E-state index in [0.29, 0.717) is 18.5 Å². The number of hydrogen-bond acceptors (Lipinski definition) is 6. The molecule has 10 heteroatoms. The molecule has 0 bridgehead atoms. The van der Waals surface area contributed by atoms with Gasteiger partial charge >= 0.3 is 12.5 Å². The Morgan fingerprint density at radius 2 is 1.82 bits per heavy atom. The number of methoxy groups -OCH3 is 1. The van der Waals surface area contributed by atoms with Crippen LogP contribution in [0.4, 0.5) is 8.78 Å². The van der Waals surface area contributed by atoms with Gasteiger partial charge in [0.15, 0.2) is 11.9 Å². The molecule has 1 aromatic heterocycles. The summed E-state index contributed by atoms with van der Waals surface area (Å²) in [6.45, 7) is -0.841. The van der Waals surface area contributed by atoms with Gasteiger partial charge in [-0.3, -0.25) is 19.1 Å². The molecule has 0 radical (unpaired) electrons. The van der Waals surface area contributed by atoms with Crippen LogP contribution in [0.3, 0.4) is 0 Å². The van der Waals surface area contributed by atoms with Crippen LogP contribution in [-0.2, 0) is 9.47 Å². The molecule has 0 N–H and O–H groups in total. The molecule has 2 heterocycles. The standard InChI is InChI=1S/C23H21F2N3O5/c1-13(19-26-17-6-3-4-7-18(17)28(19)23(24)25)33-22(31)14-8-9-15-16(12-14)21(30)27(20(15)29)10-5-11-32-2/h3-4,6-9,12-13,23H,5,10-11H2,1-2H3. The Balaban J connectivity index is 1.55. The summed E-state index contributed by atoms with van der Waals surface area (Å²) in [4.78, 5) is 43.2. The maximum absolute atomic E-state index is 13.7. The molecule has 2 amide bonds. The number of ether oxygens (including phenoxy) is 2. The minimum atomic E-state index is -2.87. The zero-order chi connectivity index (χ0) is 23.7. The lowest BCUT2D eigenvalue weighted by Gasteiger charge is -2.15. The maximum atomic E-state index is 13.7. The van der Waals surface area contributed by atoms with E-state index in [0.717, 1.165) is 9.47 Å². The number of alkyl halides is 2. The summed E-state index contributed by atoms with van der Waals surface area (Å²) in [6, 6.07) is 10.4. The minimum Gasteiger partial charge on any atom is -0.451 e. The second-order valence-corrected chi connectivity index (χ2v) is 7.52. The molecule has 1 aliphatic heterocycles. The Labute approximate surface area is 187 Å². The average Bonchev–Trinajstić information content (AvgIpc) is 3.30. The van der Waals surface area contributed by atoms with Crippen LogP contribution >= 0.6 is 0 Å². The van der Waals surface area contributed by atoms with E-state index in [1.165, 1.54) is 38.3 Å². The molecule has 1 unspecified atom stereocenters. The lowest BCUT2D eigenvalue weighted by atomic mass is 10.1. The van der Waals surface area contributed by atoms with Gasteiger partial charge in [0.05, 0.1) is 27.7 Å². The van der Waals surface area contributed by atoms with Gasteiger partial charge in [-0.1, -0.05) is 12.1 Å². The molecular formula is C23H21F2N3O5. The van der Waals surface area contributed by atoms with Gasteiger partial charge in [0.2, 0.25) is 0 Å². The third-order valence-electron chi connectivity index (χ3n) is 5.40. The van der Waals surface area contributed by atoms with Gasteiger partial charge in [-0.05, 0) is 43.7 Å². The number of fused-ring (bicyclic) bond motifs is 2. The van der Waals surface area contributed by atoms with E-state index in [1.54, 1.807) is 18.2 Å². The van der Waals surface area contributed by atoms with Crippen molar-refractivity contribution in [3.63, 3.8) is 0 Å². The van der Waals surface area contributed by atoms with Crippen LogP contribution in [0, 0.1) is 0 Å². The topological polar surface area (TPSA) is 90.7 Å². The molecule has 0 saturated heterocycles. The van der Waals surface area contributed by atoms with Gasteiger partial charge < -0.3 is 9.47 Å². The molecule has 33 heavy (non-hydrogen) atoms. The zero-order valence-corrected chi connectivity index (χ0v) is 18.0. The van der Waals surface area contributed by atoms with Crippen molar-refractivity contribution in [3.05, 3.63) is 65.0 Å². The van der Waals surface area contributed by atoms with E-state index in [9.17, 15) is 23.2 Å². The summed E-state index contributed by atoms with van der Waals surface area (Å²) >= 11 is 0. The first-order chi connectivity index (χ1) is 15.8. The highest BCUT2D eigenvalue weighted by Gasteiger charge is 2.36. The number of rotatable bonds is 8. The van der Waals surface area contributed by atoms with E-state index in [1.807, 2.05) is 0 Å². The number of benzene rings is 2. The first-order valence-electron chi connectivity index (χ1n) is 10.3. The van der Waals surface area contributed by atoms with Crippen LogP contribution in [0.25, 0.3) is 11.0 Å². The Kier molecular flexibility index (Phi) is 6.19. The monoisotopic (exact) mass is 457 g/mol. The van der Waals surface area contributed by atoms with Crippen LogP contribution in [0.2, 0.25) is 0 Å². The predicted octanol–water partition coefficient (Wildman–Crippen LogP) is 3.98. The highest BCUT2D eigenvalue weighted by atomic mass is 19.3. The van der Waals surface area contributed by atoms with Crippen molar-refractivity contribution in [2.45, 2.75) is 26.0 Å². The van der Waals surface area contributed by atoms with Crippen molar-refractivity contribution >= 4 is 28.8 Å². The first-order valence-corrected chi connectivity index (χ1v) is 10.3. The number of carbonyl (C=O) groups is 3. The summed E-state index contributed by atoms with van der Waals surface area (Å²) in [5.41, 5.74) is 0.896. The summed E-state index contributed by atoms with van der Waals surface area (Å²) in [5, 5.41) is 0. The van der Waals surface area contributed by atoms with Crippen LogP contribution < -0.4 is 0 Å². The Morgan fingerprint density at radius 3 is 2.55 bits per heavy atom. The van der Waals surface area contributed by atoms with Crippen LogP contribution in [0.1, 0.15) is 62.9 Å². The van der Waals surface area contributed by atoms with E-state index in [-0.39, 0.29) is 34.6 Å². The molecule has 0 fully saturated rings. The smallest absolute Gasteiger partial charge is 0.338 e. The number of halogens is 2. The average molecular weight is 457 g/mol. The number of para-hydroxylation sites is 2. The highest BCUT2D eigenvalue weighted by molar-refractivity contribution is 6.21. The number of hydrogen-bond donors (Lipinski definition) is 0. The summed E-state index contributed by atoms with van der Waals surface area (Å²) in [6.07, 6.45) is -0.602. The normalized spacial score (nSPS) is 14.3. The zero-order valence-electron chi connectivity index (χ0n) is 18.0. The molecule has 1 aliphatic rings. The van der Waals surface area contributed by atoms with E-state index in [4.69, 9.17) is 9.47 Å². The van der Waals surface area contributed by atoms with Crippen molar-refractivity contribution < 1.29 is 32.6 Å². The molecule has 4 rings (SSSR count). The number of aromatic nitrogens is 2. The molecule has 172 valence electrons. The molecule has 0 spiro atoms. The molecule has 8 nitrogen and oxygen atoms in total. The van der Waals surface area contributed by atoms with E-state index < -0.39 is 30.4 Å². The van der Waals surface area contributed by atoms with Crippen molar-refractivity contribution in [3.8, 4) is 0 Å². The molecule has 0 aliphatic carbocycles. The van der Waals surface area contributed by atoms with Gasteiger partial charge in [-0.15, -0.1) is 0 Å². The largest absolute Gasteiger partial charge is 0.451 e. The number of imidazole rings is 1. The third-order valence-corrected chi connectivity index (χ3v) is 5.40. The van der Waals surface area contributed by atoms with Crippen molar-refractivity contribution in [1.29, 1.82) is 0 Å². The number of esters is 1. The minimum absolute atomic E-state index is 0.0280. The fourth-order valence-corrected chi connectivity index (χ4v) is 3.82. The van der Waals surface area contributed by atoms with Crippen molar-refractivity contribution in [2.75, 3.05) is 20.3 Å². The summed E-state index contributed by atoms with van der Waals surface area (Å²) in [5.74, 6) is -1.87. The number of imide groups is 1. The fourth-order valence-electron chi connectivity index (χ4n) is 3.82. The Hall–Kier alpha value is -3.66. The van der Waals surface area contributed by atoms with Crippen LogP contribution in [0.15, 0.2) is 42.5 Å². The second-order valence-electron chi connectivity index (χ2n) is 7.52. The maximum Gasteiger partial charge on any atom is 0.338 e. The molecule has 1 atom stereocenters. The molecule has 3 aromatic rings. The van der Waals surface area contributed by atoms with E-state index in [2.05, 4.69) is 4.98 Å². The number of carbonyl (C=O) groups excluding carboxylic acids is 3. The van der Waals surface area contributed by atoms with Gasteiger partial charge in [0.25, 0.3) is 11.8 Å². The Morgan fingerprint density at radius 1 is 1.09 bits per heavy atom. The van der Waals surface area contributed by atoms with Crippen LogP contribution in [0.5, 0.6) is 0 Å². The molecule has 2 aromatic carbocycles. The van der Waals surface area contributed by atoms with Gasteiger partial charge in [0, 0.05) is 20.3 Å². The van der Waals surface area contributed by atoms with Crippen LogP contribution in [-0.4, -0.2) is 52.5 Å². The first kappa shape index (κ1) is 22.5. The fraction of sp³-hybridized carbons (Fsp3) is 0.304. The van der Waals surface area contributed by atoms with Gasteiger partial charge in [-0.2, -0.15) is 8.78 Å². The van der Waals surface area contributed by atoms with Crippen molar-refractivity contribution in [2.24, 2.45) is 0 Å². The third kappa shape index (κ3) is 4.09. The quantitative estimate of drug-likeness (QED) is 0.289. The summed E-state index contributed by atoms with van der Waals surface area (Å²) in [7, 11) is 1.53. The SMILES string of the molecule is COCCCN1C(=O)c2ccc(C(=O)OC(C)c3nc4ccccc4n3C(F)F)cc2C1=O. The predicted molar refractivity (Wildman–Crippen MR) is 113 cm³/mol. The second kappa shape index (κ2) is 9.07. The highest BCUT2D eigenvalue weighted by Crippen LogP contribution is 2.29. The van der Waals surface area contributed by atoms with E-state index >= 15 is 0 Å². The summed E-state index contributed by atoms with van der Waals surface area (Å²) < 4.78 is 38.4. The van der Waals surface area contributed by atoms with Crippen molar-refractivity contribution in [1.82, 2.24) is 14.5 Å². The molecule has 0 saturated carbocycles. The Bertz CT molecular complexity index is 1240.